The summed E-state index contributed by atoms with van der Waals surface area (Å²) >= 11 is 0. The largest absolute Gasteiger partial charge is 0.465 e. The molecule has 0 aliphatic carbocycles. The molecule has 108 valence electrons. The molecule has 0 bridgehead atoms. The Kier molecular flexibility index (Phi) is 14.0. The van der Waals surface area contributed by atoms with Gasteiger partial charge in [0.2, 0.25) is 0 Å². The van der Waals surface area contributed by atoms with Crippen LogP contribution >= 0.6 is 9.24 Å². The number of ether oxygens (including phenoxy) is 1. The number of unbranched alkanes of at least 4 members (excludes halogenated alkanes) is 2. The van der Waals surface area contributed by atoms with Gasteiger partial charge in [-0.05, 0) is 18.3 Å². The highest BCUT2D eigenvalue weighted by molar-refractivity contribution is 7.27. The van der Waals surface area contributed by atoms with Crippen molar-refractivity contribution in [2.75, 3.05) is 7.11 Å². The van der Waals surface area contributed by atoms with Crippen LogP contribution < -0.4 is 5.30 Å². The maximum atomic E-state index is 11.1. The van der Waals surface area contributed by atoms with Gasteiger partial charge in [0.1, 0.15) is 6.79 Å². The molecule has 0 saturated heterocycles. The van der Waals surface area contributed by atoms with Crippen molar-refractivity contribution in [1.29, 1.82) is 0 Å². The van der Waals surface area contributed by atoms with Gasteiger partial charge in [0.15, 0.2) is 0 Å². The van der Waals surface area contributed by atoms with Crippen LogP contribution in [0, 0.1) is 6.92 Å². The smallest absolute Gasteiger partial charge is 0.338 e. The van der Waals surface area contributed by atoms with Crippen molar-refractivity contribution in [2.24, 2.45) is 0 Å². The van der Waals surface area contributed by atoms with E-state index in [1.54, 1.807) is 6.07 Å². The maximum absolute atomic E-state index is 11.1. The average molecular weight is 284 g/mol. The lowest BCUT2D eigenvalue weighted by atomic mass is 10.1. The van der Waals surface area contributed by atoms with Crippen molar-refractivity contribution < 1.29 is 14.3 Å². The summed E-state index contributed by atoms with van der Waals surface area (Å²) in [5, 5.41) is 0.877. The third kappa shape index (κ3) is 9.38. The van der Waals surface area contributed by atoms with Crippen molar-refractivity contribution in [2.45, 2.75) is 40.0 Å². The molecule has 1 aromatic rings. The molecule has 0 spiro atoms. The van der Waals surface area contributed by atoms with E-state index in [1.165, 1.54) is 26.4 Å². The minimum Gasteiger partial charge on any atom is -0.465 e. The average Bonchev–Trinajstić information content (AvgIpc) is 2.42. The third-order valence-corrected chi connectivity index (χ3v) is 2.80. The van der Waals surface area contributed by atoms with Gasteiger partial charge < -0.3 is 9.53 Å². The zero-order chi connectivity index (χ0) is 15.3. The van der Waals surface area contributed by atoms with Crippen molar-refractivity contribution >= 4 is 27.3 Å². The molecule has 4 heteroatoms. The first-order valence-corrected chi connectivity index (χ1v) is 6.87. The van der Waals surface area contributed by atoms with E-state index in [9.17, 15) is 4.79 Å². The van der Waals surface area contributed by atoms with Crippen LogP contribution in [0.25, 0.3) is 0 Å². The molecule has 0 amide bonds. The minimum absolute atomic E-state index is 0.292. The topological polar surface area (TPSA) is 43.4 Å². The van der Waals surface area contributed by atoms with Crippen LogP contribution in [-0.2, 0) is 9.53 Å². The number of hydrogen-bond acceptors (Lipinski definition) is 3. The number of rotatable bonds is 3. The van der Waals surface area contributed by atoms with Gasteiger partial charge in [-0.3, -0.25) is 0 Å². The molecular formula is C15H25O3P. The Balaban J connectivity index is 0. The number of benzene rings is 1. The maximum Gasteiger partial charge on any atom is 0.338 e. The second-order valence-electron chi connectivity index (χ2n) is 3.94. The molecule has 1 atom stereocenters. The summed E-state index contributed by atoms with van der Waals surface area (Å²) in [5.74, 6) is -0.292. The number of carbonyl (C=O) groups excluding carboxylic acids is 2. The number of esters is 1. The Morgan fingerprint density at radius 1 is 1.26 bits per heavy atom. The van der Waals surface area contributed by atoms with E-state index in [4.69, 9.17) is 4.79 Å². The van der Waals surface area contributed by atoms with E-state index in [1.807, 2.05) is 25.8 Å². The van der Waals surface area contributed by atoms with Crippen molar-refractivity contribution in [3.05, 3.63) is 29.3 Å². The van der Waals surface area contributed by atoms with Gasteiger partial charge in [0.05, 0.1) is 12.7 Å². The van der Waals surface area contributed by atoms with Gasteiger partial charge in [0.25, 0.3) is 0 Å². The lowest BCUT2D eigenvalue weighted by molar-refractivity contribution is -0.0980. The van der Waals surface area contributed by atoms with Gasteiger partial charge in [-0.2, -0.15) is 0 Å². The zero-order valence-corrected chi connectivity index (χ0v) is 13.5. The van der Waals surface area contributed by atoms with Crippen LogP contribution in [-0.4, -0.2) is 19.9 Å². The van der Waals surface area contributed by atoms with E-state index in [-0.39, 0.29) is 5.97 Å². The molecule has 1 unspecified atom stereocenters. The summed E-state index contributed by atoms with van der Waals surface area (Å²) < 4.78 is 4.60. The summed E-state index contributed by atoms with van der Waals surface area (Å²) in [4.78, 5) is 19.1. The van der Waals surface area contributed by atoms with Crippen molar-refractivity contribution in [1.82, 2.24) is 0 Å². The highest BCUT2D eigenvalue weighted by Gasteiger charge is 2.07. The van der Waals surface area contributed by atoms with Gasteiger partial charge in [-0.1, -0.05) is 50.8 Å². The van der Waals surface area contributed by atoms with Gasteiger partial charge in [0, 0.05) is 0 Å². The zero-order valence-electron chi connectivity index (χ0n) is 12.4. The first kappa shape index (κ1) is 20.1. The van der Waals surface area contributed by atoms with Gasteiger partial charge in [-0.15, -0.1) is 9.24 Å². The molecule has 0 fully saturated rings. The van der Waals surface area contributed by atoms with Crippen LogP contribution in [0.3, 0.4) is 0 Å². The molecule has 3 nitrogen and oxygen atoms in total. The van der Waals surface area contributed by atoms with Gasteiger partial charge >= 0.3 is 5.97 Å². The lowest BCUT2D eigenvalue weighted by Crippen LogP contribution is -2.11. The molecular weight excluding hydrogens is 259 g/mol. The predicted molar refractivity (Wildman–Crippen MR) is 84.2 cm³/mol. The molecule has 0 aliphatic rings. The Morgan fingerprint density at radius 2 is 1.79 bits per heavy atom. The minimum atomic E-state index is -0.292. The third-order valence-electron chi connectivity index (χ3n) is 2.32. The molecule has 0 aromatic heterocycles. The number of aryl methyl sites for hydroxylation is 1. The van der Waals surface area contributed by atoms with Crippen molar-refractivity contribution in [3.8, 4) is 0 Å². The Hall–Kier alpha value is -1.21. The van der Waals surface area contributed by atoms with Crippen LogP contribution in [0.1, 0.15) is 49.0 Å². The molecule has 0 radical (unpaired) electrons. The molecule has 0 saturated carbocycles. The summed E-state index contributed by atoms with van der Waals surface area (Å²) in [6, 6.07) is 5.58. The standard InChI is InChI=1S/C9H11O2P.C5H12.CH2O/c1-6-3-4-7(8(12)5-6)9(10)11-2;1-3-5-4-2;1-2/h3-5H,12H2,1-2H3;3-5H2,1-2H3;1H2. The lowest BCUT2D eigenvalue weighted by Gasteiger charge is -2.03. The summed E-state index contributed by atoms with van der Waals surface area (Å²) in [6.45, 7) is 8.40. The van der Waals surface area contributed by atoms with Crippen LogP contribution in [0.15, 0.2) is 18.2 Å². The number of hydrogen-bond donors (Lipinski definition) is 0. The quantitative estimate of drug-likeness (QED) is 0.632. The fourth-order valence-electron chi connectivity index (χ4n) is 1.33. The highest BCUT2D eigenvalue weighted by Crippen LogP contribution is 2.05. The number of carbonyl (C=O) groups is 2. The molecule has 1 aromatic carbocycles. The molecule has 0 heterocycles. The van der Waals surface area contributed by atoms with Crippen LogP contribution in [0.4, 0.5) is 0 Å². The summed E-state index contributed by atoms with van der Waals surface area (Å²) in [7, 11) is 3.90. The fourth-order valence-corrected chi connectivity index (χ4v) is 1.81. The Morgan fingerprint density at radius 3 is 2.11 bits per heavy atom. The Bertz CT molecular complexity index is 362. The van der Waals surface area contributed by atoms with E-state index in [0.717, 1.165) is 10.9 Å². The van der Waals surface area contributed by atoms with E-state index < -0.39 is 0 Å². The number of methoxy groups -OCH3 is 1. The highest BCUT2D eigenvalue weighted by atomic mass is 31.0. The van der Waals surface area contributed by atoms with E-state index in [2.05, 4.69) is 27.8 Å². The predicted octanol–water partition coefficient (Wildman–Crippen LogP) is 3.29. The van der Waals surface area contributed by atoms with Crippen molar-refractivity contribution in [3.63, 3.8) is 0 Å². The van der Waals surface area contributed by atoms with E-state index in [0.29, 0.717) is 5.56 Å². The normalized spacial score (nSPS) is 8.47. The molecule has 1 rings (SSSR count). The second kappa shape index (κ2) is 13.2. The van der Waals surface area contributed by atoms with Crippen LogP contribution in [0.5, 0.6) is 0 Å². The summed E-state index contributed by atoms with van der Waals surface area (Å²) in [6.07, 6.45) is 4.08. The molecule has 0 aliphatic heterocycles. The monoisotopic (exact) mass is 284 g/mol. The fraction of sp³-hybridized carbons (Fsp3) is 0.467. The molecule has 0 N–H and O–H groups in total. The summed E-state index contributed by atoms with van der Waals surface area (Å²) in [5.41, 5.74) is 1.74. The second-order valence-corrected chi connectivity index (χ2v) is 4.56. The van der Waals surface area contributed by atoms with Crippen LogP contribution in [0.2, 0.25) is 0 Å². The Labute approximate surface area is 118 Å². The van der Waals surface area contributed by atoms with Gasteiger partial charge in [-0.25, -0.2) is 4.79 Å². The van der Waals surface area contributed by atoms with E-state index >= 15 is 0 Å². The first-order valence-electron chi connectivity index (χ1n) is 6.30. The SMILES string of the molecule is C=O.CCCCC.COC(=O)c1ccc(C)cc1P. The molecule has 19 heavy (non-hydrogen) atoms. The first-order chi connectivity index (χ1) is 9.06.